The van der Waals surface area contributed by atoms with Gasteiger partial charge in [0.1, 0.15) is 0 Å². The Kier molecular flexibility index (Phi) is 4.02. The summed E-state index contributed by atoms with van der Waals surface area (Å²) in [7, 11) is 0. The molecule has 1 atom stereocenters. The molecule has 0 spiro atoms. The van der Waals surface area contributed by atoms with Crippen LogP contribution < -0.4 is 4.90 Å². The van der Waals surface area contributed by atoms with E-state index in [0.717, 1.165) is 24.2 Å². The maximum Gasteiger partial charge on any atom is 0.234 e. The first-order chi connectivity index (χ1) is 10.3. The molecular formula is C18H19NO2. The summed E-state index contributed by atoms with van der Waals surface area (Å²) < 4.78 is 0. The highest BCUT2D eigenvalue weighted by atomic mass is 16.3. The van der Waals surface area contributed by atoms with E-state index in [9.17, 15) is 4.79 Å². The fraction of sp³-hybridized carbons (Fsp3) is 0.278. The van der Waals surface area contributed by atoms with E-state index in [1.807, 2.05) is 53.4 Å². The van der Waals surface area contributed by atoms with Gasteiger partial charge in [-0.15, -0.1) is 0 Å². The molecule has 2 aromatic rings. The molecule has 0 radical (unpaired) electrons. The average Bonchev–Trinajstić information content (AvgIpc) is 2.54. The third-order valence-electron chi connectivity index (χ3n) is 3.99. The highest BCUT2D eigenvalue weighted by Gasteiger charge is 2.32. The molecule has 3 nitrogen and oxygen atoms in total. The molecule has 108 valence electrons. The van der Waals surface area contributed by atoms with Crippen molar-refractivity contribution in [2.75, 3.05) is 11.5 Å². The van der Waals surface area contributed by atoms with Crippen molar-refractivity contribution in [2.24, 2.45) is 5.92 Å². The number of amides is 1. The van der Waals surface area contributed by atoms with E-state index in [4.69, 9.17) is 5.11 Å². The molecule has 1 amide bonds. The van der Waals surface area contributed by atoms with Crippen LogP contribution in [-0.4, -0.2) is 17.6 Å². The Hall–Kier alpha value is -2.13. The first kappa shape index (κ1) is 13.8. The minimum Gasteiger partial charge on any atom is -0.396 e. The smallest absolute Gasteiger partial charge is 0.234 e. The molecule has 1 heterocycles. The zero-order valence-electron chi connectivity index (χ0n) is 11.9. The van der Waals surface area contributed by atoms with Crippen LogP contribution in [0.5, 0.6) is 0 Å². The summed E-state index contributed by atoms with van der Waals surface area (Å²) in [6.45, 7) is 0.136. The Morgan fingerprint density at radius 2 is 1.76 bits per heavy atom. The predicted octanol–water partition coefficient (Wildman–Crippen LogP) is 3.30. The lowest BCUT2D eigenvalue weighted by Crippen LogP contribution is -2.38. The van der Waals surface area contributed by atoms with Crippen LogP contribution in [-0.2, 0) is 11.2 Å². The molecule has 0 aliphatic carbocycles. The van der Waals surface area contributed by atoms with Gasteiger partial charge in [0.05, 0.1) is 5.69 Å². The first-order valence-corrected chi connectivity index (χ1v) is 7.39. The van der Waals surface area contributed by atoms with E-state index >= 15 is 0 Å². The van der Waals surface area contributed by atoms with Gasteiger partial charge in [0, 0.05) is 18.2 Å². The number of anilines is 2. The van der Waals surface area contributed by atoms with Gasteiger partial charge in [0.2, 0.25) is 5.91 Å². The molecule has 1 N–H and O–H groups in total. The van der Waals surface area contributed by atoms with Crippen molar-refractivity contribution in [1.82, 2.24) is 0 Å². The number of hydrogen-bond acceptors (Lipinski definition) is 2. The molecule has 0 unspecified atom stereocenters. The first-order valence-electron chi connectivity index (χ1n) is 7.39. The van der Waals surface area contributed by atoms with Crippen molar-refractivity contribution in [3.8, 4) is 0 Å². The van der Waals surface area contributed by atoms with E-state index < -0.39 is 0 Å². The molecule has 3 rings (SSSR count). The van der Waals surface area contributed by atoms with Gasteiger partial charge in [-0.3, -0.25) is 9.69 Å². The van der Waals surface area contributed by atoms with Crippen molar-refractivity contribution < 1.29 is 9.90 Å². The van der Waals surface area contributed by atoms with Crippen LogP contribution in [0.3, 0.4) is 0 Å². The lowest BCUT2D eigenvalue weighted by Gasteiger charge is -2.34. The highest BCUT2D eigenvalue weighted by molar-refractivity contribution is 6.04. The largest absolute Gasteiger partial charge is 0.396 e. The number of rotatable bonds is 4. The lowest BCUT2D eigenvalue weighted by atomic mass is 9.88. The minimum absolute atomic E-state index is 0.0488. The third kappa shape index (κ3) is 2.69. The zero-order chi connectivity index (χ0) is 14.7. The number of carbonyl (C=O) groups excluding carboxylic acids is 1. The Bertz CT molecular complexity index is 624. The van der Waals surface area contributed by atoms with Crippen molar-refractivity contribution in [3.63, 3.8) is 0 Å². The molecule has 0 bridgehead atoms. The minimum atomic E-state index is -0.0488. The molecule has 0 saturated heterocycles. The number of para-hydroxylation sites is 2. The summed E-state index contributed by atoms with van der Waals surface area (Å²) in [6, 6.07) is 17.8. The van der Waals surface area contributed by atoms with Crippen molar-refractivity contribution in [2.45, 2.75) is 19.3 Å². The summed E-state index contributed by atoms with van der Waals surface area (Å²) in [5.41, 5.74) is 3.08. The van der Waals surface area contributed by atoms with Gasteiger partial charge < -0.3 is 5.11 Å². The summed E-state index contributed by atoms with van der Waals surface area (Å²) in [5, 5.41) is 9.04. The molecule has 3 heteroatoms. The number of carbonyl (C=O) groups is 1. The maximum atomic E-state index is 12.8. The van der Waals surface area contributed by atoms with Crippen molar-refractivity contribution >= 4 is 17.3 Å². The van der Waals surface area contributed by atoms with Gasteiger partial charge in [-0.05, 0) is 43.0 Å². The Morgan fingerprint density at radius 1 is 1.05 bits per heavy atom. The molecular weight excluding hydrogens is 262 g/mol. The zero-order valence-corrected chi connectivity index (χ0v) is 11.9. The van der Waals surface area contributed by atoms with Crippen LogP contribution in [0.25, 0.3) is 0 Å². The van der Waals surface area contributed by atoms with Crippen LogP contribution >= 0.6 is 0 Å². The second kappa shape index (κ2) is 6.10. The molecule has 1 aliphatic heterocycles. The van der Waals surface area contributed by atoms with Crippen LogP contribution in [0.4, 0.5) is 11.4 Å². The van der Waals surface area contributed by atoms with Gasteiger partial charge in [-0.25, -0.2) is 0 Å². The lowest BCUT2D eigenvalue weighted by molar-refractivity contribution is -0.122. The molecule has 0 aromatic heterocycles. The molecule has 0 fully saturated rings. The fourth-order valence-electron chi connectivity index (χ4n) is 2.96. The molecule has 0 saturated carbocycles. The van der Waals surface area contributed by atoms with Crippen LogP contribution in [0.1, 0.15) is 18.4 Å². The van der Waals surface area contributed by atoms with Gasteiger partial charge in [-0.2, -0.15) is 0 Å². The van der Waals surface area contributed by atoms with Crippen LogP contribution in [0, 0.1) is 5.92 Å². The fourth-order valence-corrected chi connectivity index (χ4v) is 2.96. The molecule has 21 heavy (non-hydrogen) atoms. The second-order valence-corrected chi connectivity index (χ2v) is 5.40. The molecule has 2 aromatic carbocycles. The number of aliphatic hydroxyl groups excluding tert-OH is 1. The Balaban J connectivity index is 2.01. The Labute approximate surface area is 124 Å². The normalized spacial score (nSPS) is 17.7. The predicted molar refractivity (Wildman–Crippen MR) is 83.5 cm³/mol. The Morgan fingerprint density at radius 3 is 2.52 bits per heavy atom. The summed E-state index contributed by atoms with van der Waals surface area (Å²) in [4.78, 5) is 14.7. The van der Waals surface area contributed by atoms with Crippen molar-refractivity contribution in [1.29, 1.82) is 0 Å². The quantitative estimate of drug-likeness (QED) is 0.934. The van der Waals surface area contributed by atoms with Crippen LogP contribution in [0.15, 0.2) is 54.6 Å². The van der Waals surface area contributed by atoms with E-state index in [-0.39, 0.29) is 18.4 Å². The van der Waals surface area contributed by atoms with Crippen LogP contribution in [0.2, 0.25) is 0 Å². The number of nitrogens with zero attached hydrogens (tertiary/aromatic N) is 1. The molecule has 1 aliphatic rings. The summed E-state index contributed by atoms with van der Waals surface area (Å²) >= 11 is 0. The second-order valence-electron chi connectivity index (χ2n) is 5.40. The van der Waals surface area contributed by atoms with E-state index in [1.54, 1.807) is 0 Å². The SMILES string of the molecule is O=C1[C@H](CCCO)Cc2ccccc2N1c1ccccc1. The standard InChI is InChI=1S/C18H19NO2/c20-12-6-8-15-13-14-7-4-5-11-17(14)19(18(15)21)16-9-2-1-3-10-16/h1-5,7,9-11,15,20H,6,8,12-13H2/t15-/m1/s1. The topological polar surface area (TPSA) is 40.5 Å². The summed E-state index contributed by atoms with van der Waals surface area (Å²) in [6.07, 6.45) is 2.16. The maximum absolute atomic E-state index is 12.8. The number of benzene rings is 2. The van der Waals surface area contributed by atoms with Crippen molar-refractivity contribution in [3.05, 3.63) is 60.2 Å². The highest BCUT2D eigenvalue weighted by Crippen LogP contribution is 2.37. The number of hydrogen-bond donors (Lipinski definition) is 1. The monoisotopic (exact) mass is 281 g/mol. The number of fused-ring (bicyclic) bond motifs is 1. The van der Waals surface area contributed by atoms with E-state index in [0.29, 0.717) is 6.42 Å². The van der Waals surface area contributed by atoms with Gasteiger partial charge in [-0.1, -0.05) is 36.4 Å². The van der Waals surface area contributed by atoms with Gasteiger partial charge >= 0.3 is 0 Å². The number of aliphatic hydroxyl groups is 1. The van der Waals surface area contributed by atoms with E-state index in [1.165, 1.54) is 5.56 Å². The van der Waals surface area contributed by atoms with Gasteiger partial charge in [0.25, 0.3) is 0 Å². The summed E-state index contributed by atoms with van der Waals surface area (Å²) in [5.74, 6) is 0.0839. The van der Waals surface area contributed by atoms with E-state index in [2.05, 4.69) is 6.07 Å². The average molecular weight is 281 g/mol. The van der Waals surface area contributed by atoms with Gasteiger partial charge in [0.15, 0.2) is 0 Å². The third-order valence-corrected chi connectivity index (χ3v) is 3.99.